The lowest BCUT2D eigenvalue weighted by molar-refractivity contribution is -0.119. The molecule has 2 rings (SSSR count). The number of amides is 2. The third kappa shape index (κ3) is 3.82. The van der Waals surface area contributed by atoms with Crippen LogP contribution in [-0.4, -0.2) is 27.8 Å². The first-order chi connectivity index (χ1) is 9.97. The summed E-state index contributed by atoms with van der Waals surface area (Å²) in [7, 11) is 0. The third-order valence-electron chi connectivity index (χ3n) is 3.06. The van der Waals surface area contributed by atoms with Gasteiger partial charge in [0.15, 0.2) is 0 Å². The van der Waals surface area contributed by atoms with Gasteiger partial charge in [0.1, 0.15) is 6.04 Å². The highest BCUT2D eigenvalue weighted by molar-refractivity contribution is 6.31. The summed E-state index contributed by atoms with van der Waals surface area (Å²) in [6, 6.07) is 4.12. The molecule has 0 fully saturated rings. The zero-order valence-corrected chi connectivity index (χ0v) is 12.1. The van der Waals surface area contributed by atoms with Crippen LogP contribution in [0.1, 0.15) is 21.6 Å². The average Bonchev–Trinajstić information content (AvgIpc) is 2.93. The molecule has 0 aliphatic heterocycles. The average molecular weight is 307 g/mol. The first-order valence-electron chi connectivity index (χ1n) is 6.31. The number of hydrogen-bond acceptors (Lipinski definition) is 3. The maximum atomic E-state index is 12.1. The zero-order chi connectivity index (χ0) is 15.4. The maximum Gasteiger partial charge on any atom is 0.251 e. The summed E-state index contributed by atoms with van der Waals surface area (Å²) in [5.41, 5.74) is 7.28. The molecule has 4 N–H and O–H groups in total. The van der Waals surface area contributed by atoms with Crippen molar-refractivity contribution in [1.29, 1.82) is 0 Å². The minimum Gasteiger partial charge on any atom is -0.368 e. The molecule has 1 aromatic heterocycles. The number of nitrogens with one attached hydrogen (secondary N) is 2. The van der Waals surface area contributed by atoms with Crippen LogP contribution in [0.2, 0.25) is 5.02 Å². The molecule has 1 atom stereocenters. The Morgan fingerprint density at radius 2 is 2.24 bits per heavy atom. The summed E-state index contributed by atoms with van der Waals surface area (Å²) >= 11 is 5.99. The molecule has 21 heavy (non-hydrogen) atoms. The Morgan fingerprint density at radius 1 is 1.48 bits per heavy atom. The number of nitrogens with zero attached hydrogens (tertiary/aromatic N) is 1. The van der Waals surface area contributed by atoms with Crippen LogP contribution in [-0.2, 0) is 11.2 Å². The van der Waals surface area contributed by atoms with Gasteiger partial charge in [-0.25, -0.2) is 4.98 Å². The lowest BCUT2D eigenvalue weighted by Gasteiger charge is -2.15. The molecule has 0 aliphatic rings. The lowest BCUT2D eigenvalue weighted by Crippen LogP contribution is -2.45. The summed E-state index contributed by atoms with van der Waals surface area (Å²) < 4.78 is 0. The SMILES string of the molecule is Cc1ccc(C(=O)NC(Cc2cnc[nH]2)C(N)=O)cc1Cl. The van der Waals surface area contributed by atoms with Gasteiger partial charge in [-0.1, -0.05) is 17.7 Å². The standard InChI is InChI=1S/C14H15ClN4O2/c1-8-2-3-9(4-11(8)15)14(21)19-12(13(16)20)5-10-6-17-7-18-10/h2-4,6-7,12H,5H2,1H3,(H2,16,20)(H,17,18)(H,19,21). The third-order valence-corrected chi connectivity index (χ3v) is 3.47. The van der Waals surface area contributed by atoms with Gasteiger partial charge >= 0.3 is 0 Å². The Morgan fingerprint density at radius 3 is 2.81 bits per heavy atom. The van der Waals surface area contributed by atoms with Crippen molar-refractivity contribution < 1.29 is 9.59 Å². The summed E-state index contributed by atoms with van der Waals surface area (Å²) in [6.45, 7) is 1.84. The summed E-state index contributed by atoms with van der Waals surface area (Å²) in [6.07, 6.45) is 3.32. The van der Waals surface area contributed by atoms with E-state index in [0.717, 1.165) is 5.56 Å². The molecule has 2 aromatic rings. The van der Waals surface area contributed by atoms with E-state index < -0.39 is 17.9 Å². The van der Waals surface area contributed by atoms with E-state index in [1.807, 2.05) is 6.92 Å². The van der Waals surface area contributed by atoms with Crippen molar-refractivity contribution >= 4 is 23.4 Å². The highest BCUT2D eigenvalue weighted by atomic mass is 35.5. The van der Waals surface area contributed by atoms with E-state index in [1.165, 1.54) is 6.33 Å². The molecule has 110 valence electrons. The smallest absolute Gasteiger partial charge is 0.251 e. The number of hydrogen-bond donors (Lipinski definition) is 3. The molecule has 7 heteroatoms. The Balaban J connectivity index is 2.10. The van der Waals surface area contributed by atoms with Crippen molar-refractivity contribution in [2.75, 3.05) is 0 Å². The first kappa shape index (κ1) is 15.1. The fourth-order valence-electron chi connectivity index (χ4n) is 1.81. The Hall–Kier alpha value is -2.34. The van der Waals surface area contributed by atoms with E-state index in [-0.39, 0.29) is 6.42 Å². The highest BCUT2D eigenvalue weighted by Gasteiger charge is 2.20. The van der Waals surface area contributed by atoms with Crippen LogP contribution in [0.25, 0.3) is 0 Å². The monoisotopic (exact) mass is 306 g/mol. The van der Waals surface area contributed by atoms with Crippen LogP contribution in [0.5, 0.6) is 0 Å². The fourth-order valence-corrected chi connectivity index (χ4v) is 2.00. The molecule has 6 nitrogen and oxygen atoms in total. The van der Waals surface area contributed by atoms with Crippen molar-refractivity contribution in [3.05, 3.63) is 52.6 Å². The number of imidazole rings is 1. The molecule has 0 saturated carbocycles. The van der Waals surface area contributed by atoms with Gasteiger partial charge < -0.3 is 16.0 Å². The number of aryl methyl sites for hydroxylation is 1. The summed E-state index contributed by atoms with van der Waals surface area (Å²) in [5, 5.41) is 3.09. The zero-order valence-electron chi connectivity index (χ0n) is 11.4. The molecule has 1 aromatic carbocycles. The fraction of sp³-hybridized carbons (Fsp3) is 0.214. The number of nitrogens with two attached hydrogens (primary N) is 1. The largest absolute Gasteiger partial charge is 0.368 e. The normalized spacial score (nSPS) is 11.9. The number of aromatic amines is 1. The number of primary amides is 1. The Bertz CT molecular complexity index is 655. The number of H-pyrrole nitrogens is 1. The molecular weight excluding hydrogens is 292 g/mol. The quantitative estimate of drug-likeness (QED) is 0.773. The minimum atomic E-state index is -0.821. The molecule has 2 amide bonds. The molecule has 1 heterocycles. The van der Waals surface area contributed by atoms with Gasteiger partial charge in [0.05, 0.1) is 6.33 Å². The van der Waals surface area contributed by atoms with Crippen LogP contribution >= 0.6 is 11.6 Å². The number of aromatic nitrogens is 2. The van der Waals surface area contributed by atoms with E-state index in [2.05, 4.69) is 15.3 Å². The van der Waals surface area contributed by atoms with Gasteiger partial charge in [-0.3, -0.25) is 9.59 Å². The van der Waals surface area contributed by atoms with Crippen molar-refractivity contribution in [3.8, 4) is 0 Å². The summed E-state index contributed by atoms with van der Waals surface area (Å²) in [4.78, 5) is 30.3. The molecule has 0 spiro atoms. The molecular formula is C14H15ClN4O2. The first-order valence-corrected chi connectivity index (χ1v) is 6.68. The summed E-state index contributed by atoms with van der Waals surface area (Å²) in [5.74, 6) is -1.02. The molecule has 0 bridgehead atoms. The number of benzene rings is 1. The van der Waals surface area contributed by atoms with E-state index in [9.17, 15) is 9.59 Å². The predicted octanol–water partition coefficient (Wildman–Crippen LogP) is 1.20. The van der Waals surface area contributed by atoms with Gasteiger partial charge in [-0.05, 0) is 24.6 Å². The molecule has 0 saturated heterocycles. The van der Waals surface area contributed by atoms with Gasteiger partial charge in [-0.15, -0.1) is 0 Å². The second kappa shape index (κ2) is 6.41. The van der Waals surface area contributed by atoms with Crippen LogP contribution in [0, 0.1) is 6.92 Å². The molecule has 1 unspecified atom stereocenters. The molecule has 0 aliphatic carbocycles. The van der Waals surface area contributed by atoms with E-state index in [4.69, 9.17) is 17.3 Å². The van der Waals surface area contributed by atoms with Gasteiger partial charge in [0.25, 0.3) is 5.91 Å². The molecule has 0 radical (unpaired) electrons. The van der Waals surface area contributed by atoms with Crippen LogP contribution in [0.3, 0.4) is 0 Å². The predicted molar refractivity (Wildman–Crippen MR) is 78.9 cm³/mol. The second-order valence-corrected chi connectivity index (χ2v) is 5.08. The number of carbonyl (C=O) groups is 2. The van der Waals surface area contributed by atoms with E-state index in [0.29, 0.717) is 16.3 Å². The van der Waals surface area contributed by atoms with E-state index in [1.54, 1.807) is 24.4 Å². The number of halogens is 1. The minimum absolute atomic E-state index is 0.251. The van der Waals surface area contributed by atoms with Gasteiger partial charge in [0, 0.05) is 28.9 Å². The van der Waals surface area contributed by atoms with Gasteiger partial charge in [-0.2, -0.15) is 0 Å². The number of rotatable bonds is 5. The van der Waals surface area contributed by atoms with Crippen molar-refractivity contribution in [3.63, 3.8) is 0 Å². The topological polar surface area (TPSA) is 101 Å². The maximum absolute atomic E-state index is 12.1. The Kier molecular flexibility index (Phi) is 4.59. The van der Waals surface area contributed by atoms with Gasteiger partial charge in [0.2, 0.25) is 5.91 Å². The van der Waals surface area contributed by atoms with Crippen LogP contribution < -0.4 is 11.1 Å². The second-order valence-electron chi connectivity index (χ2n) is 4.67. The number of carbonyl (C=O) groups excluding carboxylic acids is 2. The van der Waals surface area contributed by atoms with Crippen molar-refractivity contribution in [2.45, 2.75) is 19.4 Å². The van der Waals surface area contributed by atoms with Crippen LogP contribution in [0.4, 0.5) is 0 Å². The highest BCUT2D eigenvalue weighted by Crippen LogP contribution is 2.16. The lowest BCUT2D eigenvalue weighted by atomic mass is 10.1. The van der Waals surface area contributed by atoms with Crippen LogP contribution in [0.15, 0.2) is 30.7 Å². The van der Waals surface area contributed by atoms with Crippen molar-refractivity contribution in [2.24, 2.45) is 5.73 Å². The van der Waals surface area contributed by atoms with E-state index >= 15 is 0 Å². The Labute approximate surface area is 126 Å². The van der Waals surface area contributed by atoms with Crippen molar-refractivity contribution in [1.82, 2.24) is 15.3 Å².